The summed E-state index contributed by atoms with van der Waals surface area (Å²) in [5.41, 5.74) is 0.569. The van der Waals surface area contributed by atoms with Crippen LogP contribution in [0.25, 0.3) is 0 Å². The van der Waals surface area contributed by atoms with E-state index in [9.17, 15) is 9.59 Å². The predicted molar refractivity (Wildman–Crippen MR) is 56.7 cm³/mol. The summed E-state index contributed by atoms with van der Waals surface area (Å²) in [4.78, 5) is 21.6. The summed E-state index contributed by atoms with van der Waals surface area (Å²) in [6, 6.07) is 6.71. The molecule has 1 aromatic carbocycles. The molecular formula is C10H10ClNO3. The van der Waals surface area contributed by atoms with Crippen molar-refractivity contribution < 1.29 is 14.3 Å². The zero-order valence-corrected chi connectivity index (χ0v) is 8.88. The highest BCUT2D eigenvalue weighted by Gasteiger charge is 2.04. The summed E-state index contributed by atoms with van der Waals surface area (Å²) < 4.78 is 4.52. The van der Waals surface area contributed by atoms with E-state index in [0.717, 1.165) is 0 Å². The van der Waals surface area contributed by atoms with Gasteiger partial charge in [-0.3, -0.25) is 9.59 Å². The predicted octanol–water partition coefficient (Wildman–Crippen LogP) is 1.84. The van der Waals surface area contributed by atoms with Crippen LogP contribution in [0.2, 0.25) is 5.02 Å². The zero-order chi connectivity index (χ0) is 11.3. The Balaban J connectivity index is 2.48. The minimum atomic E-state index is -0.490. The summed E-state index contributed by atoms with van der Waals surface area (Å²) in [7, 11) is 0. The van der Waals surface area contributed by atoms with Gasteiger partial charge < -0.3 is 10.1 Å². The Morgan fingerprint density at radius 1 is 1.47 bits per heavy atom. The molecule has 4 nitrogen and oxygen atoms in total. The highest BCUT2D eigenvalue weighted by molar-refractivity contribution is 6.30. The number of hydrogen-bond donors (Lipinski definition) is 1. The van der Waals surface area contributed by atoms with Crippen molar-refractivity contribution in [2.24, 2.45) is 0 Å². The Morgan fingerprint density at radius 3 is 2.80 bits per heavy atom. The molecule has 0 aliphatic heterocycles. The van der Waals surface area contributed by atoms with Gasteiger partial charge in [0.2, 0.25) is 0 Å². The molecule has 1 amide bonds. The van der Waals surface area contributed by atoms with Crippen molar-refractivity contribution in [1.29, 1.82) is 0 Å². The smallest absolute Gasteiger partial charge is 0.303 e. The third-order valence-corrected chi connectivity index (χ3v) is 1.75. The van der Waals surface area contributed by atoms with Crippen LogP contribution in [0, 0.1) is 0 Å². The second kappa shape index (κ2) is 5.36. The molecule has 0 aliphatic rings. The lowest BCUT2D eigenvalue weighted by Gasteiger charge is -2.05. The number of halogens is 1. The Morgan fingerprint density at radius 2 is 2.20 bits per heavy atom. The van der Waals surface area contributed by atoms with Gasteiger partial charge in [-0.15, -0.1) is 0 Å². The molecule has 0 spiro atoms. The number of amides is 1. The summed E-state index contributed by atoms with van der Waals surface area (Å²) in [5, 5.41) is 3.07. The van der Waals surface area contributed by atoms with Crippen molar-refractivity contribution in [3.8, 4) is 0 Å². The van der Waals surface area contributed by atoms with E-state index < -0.39 is 11.9 Å². The quantitative estimate of drug-likeness (QED) is 0.802. The Bertz CT molecular complexity index is 379. The molecule has 0 bridgehead atoms. The van der Waals surface area contributed by atoms with Crippen molar-refractivity contribution in [1.82, 2.24) is 0 Å². The van der Waals surface area contributed by atoms with E-state index in [0.29, 0.717) is 10.7 Å². The fourth-order valence-corrected chi connectivity index (χ4v) is 1.12. The van der Waals surface area contributed by atoms with Gasteiger partial charge in [0.25, 0.3) is 5.91 Å². The van der Waals surface area contributed by atoms with E-state index in [4.69, 9.17) is 11.6 Å². The van der Waals surface area contributed by atoms with Gasteiger partial charge in [0.05, 0.1) is 0 Å². The number of hydrogen-bond acceptors (Lipinski definition) is 3. The van der Waals surface area contributed by atoms with Gasteiger partial charge in [-0.25, -0.2) is 0 Å². The number of esters is 1. The SMILES string of the molecule is CC(=O)OCC(=O)Nc1cccc(Cl)c1. The molecule has 1 N–H and O–H groups in total. The molecule has 1 rings (SSSR count). The minimum absolute atomic E-state index is 0.290. The maximum Gasteiger partial charge on any atom is 0.303 e. The molecule has 0 saturated carbocycles. The lowest BCUT2D eigenvalue weighted by Crippen LogP contribution is -2.19. The molecule has 0 radical (unpaired) electrons. The van der Waals surface area contributed by atoms with Gasteiger partial charge >= 0.3 is 5.97 Å². The van der Waals surface area contributed by atoms with Gasteiger partial charge in [-0.2, -0.15) is 0 Å². The van der Waals surface area contributed by atoms with Gasteiger partial charge in [0.15, 0.2) is 6.61 Å². The molecule has 15 heavy (non-hydrogen) atoms. The number of carbonyl (C=O) groups is 2. The summed E-state index contributed by atoms with van der Waals surface area (Å²) in [6.07, 6.45) is 0. The van der Waals surface area contributed by atoms with Crippen LogP contribution in [0.1, 0.15) is 6.92 Å². The first-order valence-corrected chi connectivity index (χ1v) is 4.64. The normalized spacial score (nSPS) is 9.47. The third-order valence-electron chi connectivity index (χ3n) is 1.51. The van der Waals surface area contributed by atoms with Gasteiger partial charge in [-0.1, -0.05) is 17.7 Å². The van der Waals surface area contributed by atoms with Gasteiger partial charge in [0, 0.05) is 17.6 Å². The number of rotatable bonds is 3. The second-order valence-corrected chi connectivity index (χ2v) is 3.28. The van der Waals surface area contributed by atoms with Crippen LogP contribution in [0.3, 0.4) is 0 Å². The molecule has 0 aromatic heterocycles. The lowest BCUT2D eigenvalue weighted by atomic mass is 10.3. The standard InChI is InChI=1S/C10H10ClNO3/c1-7(13)15-6-10(14)12-9-4-2-3-8(11)5-9/h2-5H,6H2,1H3,(H,12,14). The number of ether oxygens (including phenoxy) is 1. The lowest BCUT2D eigenvalue weighted by molar-refractivity contribution is -0.144. The number of carbonyl (C=O) groups excluding carboxylic acids is 2. The molecular weight excluding hydrogens is 218 g/mol. The Labute approximate surface area is 92.2 Å². The average Bonchev–Trinajstić information content (AvgIpc) is 2.15. The average molecular weight is 228 g/mol. The third kappa shape index (κ3) is 4.46. The maximum atomic E-state index is 11.2. The summed E-state index contributed by atoms with van der Waals surface area (Å²) >= 11 is 5.72. The summed E-state index contributed by atoms with van der Waals surface area (Å²) in [6.45, 7) is 0.953. The van der Waals surface area contributed by atoms with Gasteiger partial charge in [0.1, 0.15) is 0 Å². The van der Waals surface area contributed by atoms with Crippen molar-refractivity contribution in [2.75, 3.05) is 11.9 Å². The number of nitrogens with one attached hydrogen (secondary N) is 1. The van der Waals surface area contributed by atoms with Crippen LogP contribution < -0.4 is 5.32 Å². The van der Waals surface area contributed by atoms with E-state index >= 15 is 0 Å². The topological polar surface area (TPSA) is 55.4 Å². The highest BCUT2D eigenvalue weighted by Crippen LogP contribution is 2.14. The molecule has 0 saturated heterocycles. The van der Waals surface area contributed by atoms with Crippen LogP contribution in [0.4, 0.5) is 5.69 Å². The maximum absolute atomic E-state index is 11.2. The Kier molecular flexibility index (Phi) is 4.12. The van der Waals surface area contributed by atoms with Crippen LogP contribution in [0.15, 0.2) is 24.3 Å². The molecule has 0 fully saturated rings. The van der Waals surface area contributed by atoms with Crippen LogP contribution in [-0.2, 0) is 14.3 Å². The van der Waals surface area contributed by atoms with Crippen molar-refractivity contribution in [2.45, 2.75) is 6.92 Å². The van der Waals surface area contributed by atoms with Crippen molar-refractivity contribution >= 4 is 29.2 Å². The van der Waals surface area contributed by atoms with E-state index in [1.165, 1.54) is 6.92 Å². The van der Waals surface area contributed by atoms with Crippen LogP contribution in [0.5, 0.6) is 0 Å². The molecule has 0 heterocycles. The molecule has 5 heteroatoms. The zero-order valence-electron chi connectivity index (χ0n) is 8.12. The minimum Gasteiger partial charge on any atom is -0.456 e. The number of benzene rings is 1. The molecule has 0 atom stereocenters. The van der Waals surface area contributed by atoms with Crippen LogP contribution in [-0.4, -0.2) is 18.5 Å². The molecule has 0 aliphatic carbocycles. The van der Waals surface area contributed by atoms with Crippen molar-refractivity contribution in [3.05, 3.63) is 29.3 Å². The van der Waals surface area contributed by atoms with E-state index in [1.54, 1.807) is 24.3 Å². The largest absolute Gasteiger partial charge is 0.456 e. The van der Waals surface area contributed by atoms with E-state index in [1.807, 2.05) is 0 Å². The van der Waals surface area contributed by atoms with Crippen LogP contribution >= 0.6 is 11.6 Å². The fraction of sp³-hybridized carbons (Fsp3) is 0.200. The molecule has 1 aromatic rings. The van der Waals surface area contributed by atoms with Gasteiger partial charge in [-0.05, 0) is 18.2 Å². The highest BCUT2D eigenvalue weighted by atomic mass is 35.5. The first-order chi connectivity index (χ1) is 7.08. The monoisotopic (exact) mass is 227 g/mol. The number of anilines is 1. The van der Waals surface area contributed by atoms with Crippen molar-refractivity contribution in [3.63, 3.8) is 0 Å². The fourth-order valence-electron chi connectivity index (χ4n) is 0.930. The molecule has 80 valence electrons. The Hall–Kier alpha value is -1.55. The first kappa shape index (κ1) is 11.5. The molecule has 0 unspecified atom stereocenters. The second-order valence-electron chi connectivity index (χ2n) is 2.84. The first-order valence-electron chi connectivity index (χ1n) is 4.26. The van der Waals surface area contributed by atoms with E-state index in [-0.39, 0.29) is 6.61 Å². The van der Waals surface area contributed by atoms with E-state index in [2.05, 4.69) is 10.1 Å². The summed E-state index contributed by atoms with van der Waals surface area (Å²) in [5.74, 6) is -0.885.